The van der Waals surface area contributed by atoms with E-state index in [2.05, 4.69) is 0 Å². The molecule has 0 N–H and O–H groups in total. The number of amides is 2. The van der Waals surface area contributed by atoms with Gasteiger partial charge in [0.15, 0.2) is 5.54 Å². The Morgan fingerprint density at radius 2 is 1.67 bits per heavy atom. The quantitative estimate of drug-likeness (QED) is 0.369. The number of rotatable bonds is 8. The van der Waals surface area contributed by atoms with Crippen molar-refractivity contribution in [3.05, 3.63) is 76.8 Å². The van der Waals surface area contributed by atoms with Crippen LogP contribution in [0.4, 0.5) is 10.1 Å². The maximum absolute atomic E-state index is 15.4. The van der Waals surface area contributed by atoms with E-state index in [1.165, 1.54) is 81.6 Å². The first-order valence-electron chi connectivity index (χ1n) is 13.3. The predicted octanol–water partition coefficient (Wildman–Crippen LogP) is 3.85. The van der Waals surface area contributed by atoms with Crippen LogP contribution in [0.25, 0.3) is 0 Å². The molecule has 0 radical (unpaired) electrons. The van der Waals surface area contributed by atoms with Crippen LogP contribution >= 0.6 is 11.6 Å². The number of fused-ring (bicyclic) bond motifs is 1. The van der Waals surface area contributed by atoms with Crippen molar-refractivity contribution in [3.63, 3.8) is 0 Å². The number of likely N-dealkylation sites (tertiary alicyclic amines) is 1. The third kappa shape index (κ3) is 4.68. The number of carbonyl (C=O) groups is 2. The van der Waals surface area contributed by atoms with Crippen LogP contribution in [-0.2, 0) is 25.2 Å². The zero-order valence-corrected chi connectivity index (χ0v) is 25.8. The summed E-state index contributed by atoms with van der Waals surface area (Å²) in [7, 11) is 2.54. The minimum absolute atomic E-state index is 0.00321. The highest BCUT2D eigenvalue weighted by Crippen LogP contribution is 2.55. The number of alkyl halides is 1. The van der Waals surface area contributed by atoms with Crippen LogP contribution in [0.15, 0.2) is 65.6 Å². The van der Waals surface area contributed by atoms with E-state index in [0.717, 1.165) is 0 Å². The Labute approximate surface area is 254 Å². The highest BCUT2D eigenvalue weighted by atomic mass is 35.5. The van der Waals surface area contributed by atoms with Gasteiger partial charge in [-0.3, -0.25) is 14.5 Å². The van der Waals surface area contributed by atoms with Gasteiger partial charge in [0, 0.05) is 49.3 Å². The minimum Gasteiger partial charge on any atom is -0.497 e. The number of likely N-dealkylation sites (N-methyl/N-ethyl adjacent to an activating group) is 1. The summed E-state index contributed by atoms with van der Waals surface area (Å²) in [6.07, 6.45) is -1.68. The van der Waals surface area contributed by atoms with Gasteiger partial charge in [0.25, 0.3) is 15.9 Å². The zero-order chi connectivity index (χ0) is 31.3. The van der Waals surface area contributed by atoms with E-state index in [1.807, 2.05) is 0 Å². The lowest BCUT2D eigenvalue weighted by molar-refractivity contribution is -0.138. The number of methoxy groups -OCH3 is 3. The number of hydrogen-bond donors (Lipinski definition) is 0. The molecule has 3 atom stereocenters. The summed E-state index contributed by atoms with van der Waals surface area (Å²) >= 11 is 6.49. The molecule has 1 saturated heterocycles. The number of ether oxygens (including phenoxy) is 3. The summed E-state index contributed by atoms with van der Waals surface area (Å²) in [6.45, 7) is -0.334. The maximum atomic E-state index is 15.4. The normalized spacial score (nSPS) is 21.9. The fourth-order valence-electron chi connectivity index (χ4n) is 6.00. The molecule has 228 valence electrons. The zero-order valence-electron chi connectivity index (χ0n) is 24.2. The first-order valence-corrected chi connectivity index (χ1v) is 15.1. The Morgan fingerprint density at radius 1 is 0.977 bits per heavy atom. The van der Waals surface area contributed by atoms with E-state index >= 15 is 9.18 Å². The molecule has 2 aliphatic heterocycles. The Bertz CT molecular complexity index is 1700. The van der Waals surface area contributed by atoms with Crippen LogP contribution in [0.2, 0.25) is 5.02 Å². The number of para-hydroxylation sites is 1. The largest absolute Gasteiger partial charge is 0.497 e. The molecule has 5 rings (SSSR count). The van der Waals surface area contributed by atoms with Crippen LogP contribution in [-0.4, -0.2) is 84.2 Å². The lowest BCUT2D eigenvalue weighted by Crippen LogP contribution is -2.59. The first kappa shape index (κ1) is 30.6. The lowest BCUT2D eigenvalue weighted by atomic mass is 9.80. The highest BCUT2D eigenvalue weighted by molar-refractivity contribution is 7.93. The molecular weight excluding hydrogens is 601 g/mol. The smallest absolute Gasteiger partial charge is 0.274 e. The predicted molar refractivity (Wildman–Crippen MR) is 158 cm³/mol. The molecule has 10 nitrogen and oxygen atoms in total. The van der Waals surface area contributed by atoms with Crippen molar-refractivity contribution in [1.29, 1.82) is 0 Å². The van der Waals surface area contributed by atoms with E-state index in [0.29, 0.717) is 10.1 Å². The molecule has 0 aliphatic carbocycles. The van der Waals surface area contributed by atoms with Gasteiger partial charge in [0.05, 0.1) is 33.1 Å². The van der Waals surface area contributed by atoms with Gasteiger partial charge >= 0.3 is 0 Å². The van der Waals surface area contributed by atoms with Gasteiger partial charge in [-0.05, 0) is 36.4 Å². The molecule has 0 saturated carbocycles. The molecule has 13 heteroatoms. The van der Waals surface area contributed by atoms with Crippen molar-refractivity contribution < 1.29 is 36.6 Å². The Kier molecular flexibility index (Phi) is 8.05. The summed E-state index contributed by atoms with van der Waals surface area (Å²) < 4.78 is 61.3. The van der Waals surface area contributed by atoms with Crippen LogP contribution < -0.4 is 18.5 Å². The number of hydrogen-bond acceptors (Lipinski definition) is 8. The standard InChI is InChI=1S/C30H31ClFN3O7S/c1-33(2)28(36)24-15-19(32)17-34(24)30(21-8-6-7-9-25(21)41-4)22-14-18(31)10-12-23(22)35(29(30)37)43(38,39)27-13-11-20(40-3)16-26(27)42-5/h6-14,16,19,24H,15,17H2,1-5H3/t19?,24-,30?/m1/s1. The molecule has 0 spiro atoms. The van der Waals surface area contributed by atoms with Crippen LogP contribution in [0, 0.1) is 0 Å². The highest BCUT2D eigenvalue weighted by Gasteiger charge is 2.64. The van der Waals surface area contributed by atoms with Crippen LogP contribution in [0.3, 0.4) is 0 Å². The second-order valence-electron chi connectivity index (χ2n) is 10.4. The molecule has 3 aromatic rings. The number of sulfonamides is 1. The Hall–Kier alpha value is -3.87. The van der Waals surface area contributed by atoms with Crippen molar-refractivity contribution in [1.82, 2.24) is 9.80 Å². The molecular formula is C30H31ClFN3O7S. The van der Waals surface area contributed by atoms with Gasteiger partial charge in [0.2, 0.25) is 5.91 Å². The summed E-state index contributed by atoms with van der Waals surface area (Å²) in [5.41, 5.74) is -1.62. The summed E-state index contributed by atoms with van der Waals surface area (Å²) in [5, 5.41) is 0.207. The van der Waals surface area contributed by atoms with Crippen LogP contribution in [0.1, 0.15) is 17.5 Å². The third-order valence-corrected chi connectivity index (χ3v) is 9.83. The van der Waals surface area contributed by atoms with Crippen molar-refractivity contribution in [2.75, 3.05) is 46.3 Å². The first-order chi connectivity index (χ1) is 20.4. The summed E-state index contributed by atoms with van der Waals surface area (Å²) in [6, 6.07) is 13.9. The Balaban J connectivity index is 1.86. The summed E-state index contributed by atoms with van der Waals surface area (Å²) in [4.78, 5) is 31.1. The average Bonchev–Trinajstić information content (AvgIpc) is 3.50. The second-order valence-corrected chi connectivity index (χ2v) is 12.6. The fourth-order valence-corrected chi connectivity index (χ4v) is 7.77. The molecule has 2 aliphatic rings. The van der Waals surface area contributed by atoms with Gasteiger partial charge in [-0.1, -0.05) is 29.8 Å². The Morgan fingerprint density at radius 3 is 2.33 bits per heavy atom. The number of nitrogens with zero attached hydrogens (tertiary/aromatic N) is 3. The van der Waals surface area contributed by atoms with E-state index in [9.17, 15) is 13.2 Å². The molecule has 0 aromatic heterocycles. The molecule has 2 heterocycles. The minimum atomic E-state index is -4.67. The molecule has 2 unspecified atom stereocenters. The number of anilines is 1. The van der Waals surface area contributed by atoms with E-state index in [-0.39, 0.29) is 51.2 Å². The summed E-state index contributed by atoms with van der Waals surface area (Å²) in [5.74, 6) is -0.860. The average molecular weight is 632 g/mol. The molecule has 2 amide bonds. The van der Waals surface area contributed by atoms with Gasteiger partial charge in [-0.2, -0.15) is 0 Å². The number of carbonyl (C=O) groups excluding carboxylic acids is 2. The lowest BCUT2D eigenvalue weighted by Gasteiger charge is -2.42. The van der Waals surface area contributed by atoms with E-state index in [4.69, 9.17) is 25.8 Å². The van der Waals surface area contributed by atoms with Crippen molar-refractivity contribution in [2.24, 2.45) is 0 Å². The van der Waals surface area contributed by atoms with Crippen molar-refractivity contribution >= 4 is 39.1 Å². The maximum Gasteiger partial charge on any atom is 0.274 e. The van der Waals surface area contributed by atoms with Gasteiger partial charge in [-0.15, -0.1) is 0 Å². The van der Waals surface area contributed by atoms with Crippen LogP contribution in [0.5, 0.6) is 17.2 Å². The van der Waals surface area contributed by atoms with Crippen molar-refractivity contribution in [2.45, 2.75) is 29.1 Å². The van der Waals surface area contributed by atoms with Gasteiger partial charge in [0.1, 0.15) is 28.3 Å². The number of halogens is 2. The molecule has 3 aromatic carbocycles. The monoisotopic (exact) mass is 631 g/mol. The van der Waals surface area contributed by atoms with Gasteiger partial charge < -0.3 is 19.1 Å². The van der Waals surface area contributed by atoms with E-state index in [1.54, 1.807) is 24.3 Å². The second kappa shape index (κ2) is 11.3. The number of benzene rings is 3. The SMILES string of the molecule is COc1ccc(S(=O)(=O)N2C(=O)C(c3ccccc3OC)(N3CC(F)C[C@@H]3C(=O)N(C)C)c3cc(Cl)ccc32)c(OC)c1. The molecule has 1 fully saturated rings. The molecule has 43 heavy (non-hydrogen) atoms. The van der Waals surface area contributed by atoms with Crippen molar-refractivity contribution in [3.8, 4) is 17.2 Å². The molecule has 0 bridgehead atoms. The van der Waals surface area contributed by atoms with E-state index < -0.39 is 39.6 Å². The third-order valence-electron chi connectivity index (χ3n) is 7.85. The topological polar surface area (TPSA) is 106 Å². The fraction of sp³-hybridized carbons (Fsp3) is 0.333. The van der Waals surface area contributed by atoms with Gasteiger partial charge in [-0.25, -0.2) is 17.1 Å².